The Morgan fingerprint density at radius 1 is 1.06 bits per heavy atom. The maximum atomic E-state index is 11.6. The number of nitrogens with one attached hydrogen (secondary N) is 1. The fraction of sp³-hybridized carbons (Fsp3) is 0.364. The third-order valence-corrected chi connectivity index (χ3v) is 7.61. The van der Waals surface area contributed by atoms with E-state index in [4.69, 9.17) is 10.2 Å². The lowest BCUT2D eigenvalue weighted by atomic mass is 9.93. The third-order valence-electron chi connectivity index (χ3n) is 5.89. The summed E-state index contributed by atoms with van der Waals surface area (Å²) in [6.07, 6.45) is 4.80. The van der Waals surface area contributed by atoms with Crippen molar-refractivity contribution in [1.29, 1.82) is 0 Å². The molecule has 0 atom stereocenters. The summed E-state index contributed by atoms with van der Waals surface area (Å²) >= 11 is 0. The van der Waals surface area contributed by atoms with Crippen molar-refractivity contribution in [2.75, 3.05) is 29.1 Å². The topological polar surface area (TPSA) is 141 Å². The van der Waals surface area contributed by atoms with Gasteiger partial charge in [0.25, 0.3) is 5.78 Å². The predicted octanol–water partition coefficient (Wildman–Crippen LogP) is 2.38. The van der Waals surface area contributed by atoms with E-state index >= 15 is 0 Å². The summed E-state index contributed by atoms with van der Waals surface area (Å²) in [4.78, 5) is 13.0. The maximum absolute atomic E-state index is 11.6. The molecule has 3 N–H and O–H groups in total. The van der Waals surface area contributed by atoms with E-state index in [1.165, 1.54) is 15.6 Å². The number of benzene rings is 1. The van der Waals surface area contributed by atoms with E-state index < -0.39 is 9.84 Å². The number of nitrogens with zero attached hydrogens (tertiary/aromatic N) is 5. The highest BCUT2D eigenvalue weighted by Gasteiger charge is 2.23. The molecule has 0 unspecified atom stereocenters. The molecule has 1 fully saturated rings. The average Bonchev–Trinajstić information content (AvgIpc) is 3.47. The lowest BCUT2D eigenvalue weighted by molar-refractivity contribution is 0.463. The van der Waals surface area contributed by atoms with Gasteiger partial charge in [0.1, 0.15) is 9.84 Å². The Morgan fingerprint density at radius 2 is 1.82 bits per heavy atom. The smallest absolute Gasteiger partial charge is 0.259 e. The first-order valence-electron chi connectivity index (χ1n) is 10.9. The number of fused-ring (bicyclic) bond motifs is 1. The highest BCUT2D eigenvalue weighted by atomic mass is 32.2. The molecule has 1 aliphatic rings. The normalized spacial score (nSPS) is 16.2. The highest BCUT2D eigenvalue weighted by molar-refractivity contribution is 7.91. The van der Waals surface area contributed by atoms with E-state index in [9.17, 15) is 8.42 Å². The molecule has 10 nitrogen and oxygen atoms in total. The number of hydrogen-bond donors (Lipinski definition) is 2. The van der Waals surface area contributed by atoms with Crippen molar-refractivity contribution >= 4 is 27.5 Å². The molecule has 0 radical (unpaired) electrons. The molecule has 33 heavy (non-hydrogen) atoms. The van der Waals surface area contributed by atoms with Crippen LogP contribution in [0.3, 0.4) is 0 Å². The summed E-state index contributed by atoms with van der Waals surface area (Å²) in [7, 11) is -2.81. The van der Waals surface area contributed by atoms with E-state index in [-0.39, 0.29) is 5.95 Å². The van der Waals surface area contributed by atoms with Crippen molar-refractivity contribution in [1.82, 2.24) is 24.6 Å². The van der Waals surface area contributed by atoms with Crippen LogP contribution in [0.4, 0.5) is 11.9 Å². The van der Waals surface area contributed by atoms with Gasteiger partial charge in [-0.1, -0.05) is 24.3 Å². The molecule has 11 heteroatoms. The largest absolute Gasteiger partial charge is 0.461 e. The summed E-state index contributed by atoms with van der Waals surface area (Å²) in [5.41, 5.74) is 8.46. The van der Waals surface area contributed by atoms with Crippen molar-refractivity contribution in [3.63, 3.8) is 0 Å². The van der Waals surface area contributed by atoms with Crippen molar-refractivity contribution in [2.24, 2.45) is 5.92 Å². The van der Waals surface area contributed by atoms with E-state index in [0.717, 1.165) is 25.7 Å². The molecule has 0 amide bonds. The third kappa shape index (κ3) is 4.98. The molecular weight excluding hydrogens is 442 g/mol. The summed E-state index contributed by atoms with van der Waals surface area (Å²) in [5.74, 6) is 2.94. The first kappa shape index (κ1) is 21.4. The Kier molecular flexibility index (Phi) is 5.71. The van der Waals surface area contributed by atoms with Gasteiger partial charge in [-0.2, -0.15) is 19.5 Å². The van der Waals surface area contributed by atoms with Gasteiger partial charge in [-0.05, 0) is 54.9 Å². The van der Waals surface area contributed by atoms with E-state index in [2.05, 4.69) is 49.6 Å². The molecule has 172 valence electrons. The minimum absolute atomic E-state index is 0.188. The van der Waals surface area contributed by atoms with Crippen LogP contribution in [0.2, 0.25) is 0 Å². The number of hydrogen-bond acceptors (Lipinski definition) is 9. The monoisotopic (exact) mass is 467 g/mol. The molecule has 4 heterocycles. The zero-order chi connectivity index (χ0) is 22.8. The fourth-order valence-corrected chi connectivity index (χ4v) is 5.62. The quantitative estimate of drug-likeness (QED) is 0.419. The molecule has 3 aromatic heterocycles. The van der Waals surface area contributed by atoms with Gasteiger partial charge in [-0.15, -0.1) is 5.10 Å². The second-order valence-corrected chi connectivity index (χ2v) is 10.6. The van der Waals surface area contributed by atoms with Gasteiger partial charge in [0, 0.05) is 6.54 Å². The Morgan fingerprint density at radius 3 is 2.55 bits per heavy atom. The number of aromatic nitrogens is 5. The summed E-state index contributed by atoms with van der Waals surface area (Å²) in [6.45, 7) is 0.634. The standard InChI is InChI=1S/C22H25N7O3S/c23-20-26-21(27-22-25-19(28-29(20)22)18-2-1-11-32-18)24-10-7-15-3-5-16(6-4-15)14-17-8-12-33(30,31)13-9-17/h1-6,11,17H,7-10,12-14H2,(H3,23,24,25,26,27,28). The van der Waals surface area contributed by atoms with Crippen molar-refractivity contribution in [3.8, 4) is 11.6 Å². The van der Waals surface area contributed by atoms with Crippen LogP contribution in [0.5, 0.6) is 0 Å². The number of furan rings is 1. The number of anilines is 2. The predicted molar refractivity (Wildman–Crippen MR) is 124 cm³/mol. The summed E-state index contributed by atoms with van der Waals surface area (Å²) < 4.78 is 29.9. The molecule has 1 aliphatic heterocycles. The van der Waals surface area contributed by atoms with Gasteiger partial charge < -0.3 is 15.5 Å². The molecular formula is C22H25N7O3S. The van der Waals surface area contributed by atoms with Crippen LogP contribution >= 0.6 is 0 Å². The number of nitrogen functional groups attached to an aromatic ring is 1. The molecule has 1 saturated heterocycles. The van der Waals surface area contributed by atoms with Crippen molar-refractivity contribution < 1.29 is 12.8 Å². The zero-order valence-electron chi connectivity index (χ0n) is 18.0. The Labute approximate surface area is 191 Å². The van der Waals surface area contributed by atoms with Gasteiger partial charge in [0.15, 0.2) is 5.76 Å². The minimum atomic E-state index is -2.81. The number of sulfone groups is 1. The van der Waals surface area contributed by atoms with Crippen LogP contribution in [0.1, 0.15) is 24.0 Å². The van der Waals surface area contributed by atoms with E-state index in [0.29, 0.717) is 47.3 Å². The van der Waals surface area contributed by atoms with Gasteiger partial charge in [-0.3, -0.25) is 0 Å². The van der Waals surface area contributed by atoms with Gasteiger partial charge >= 0.3 is 0 Å². The Hall–Kier alpha value is -3.47. The van der Waals surface area contributed by atoms with Gasteiger partial charge in [0.2, 0.25) is 17.7 Å². The maximum Gasteiger partial charge on any atom is 0.259 e. The van der Waals surface area contributed by atoms with Crippen molar-refractivity contribution in [2.45, 2.75) is 25.7 Å². The molecule has 0 spiro atoms. The SMILES string of the molecule is Nc1nc(NCCc2ccc(CC3CCS(=O)(=O)CC3)cc2)nc2nc(-c3ccco3)nn12. The zero-order valence-corrected chi connectivity index (χ0v) is 18.8. The van der Waals surface area contributed by atoms with Crippen LogP contribution in [0.15, 0.2) is 47.1 Å². The first-order chi connectivity index (χ1) is 15.9. The second-order valence-electron chi connectivity index (χ2n) is 8.32. The fourth-order valence-electron chi connectivity index (χ4n) is 4.03. The molecule has 1 aromatic carbocycles. The lowest BCUT2D eigenvalue weighted by Gasteiger charge is -2.21. The second kappa shape index (κ2) is 8.81. The van der Waals surface area contributed by atoms with E-state index in [1.807, 2.05) is 0 Å². The first-order valence-corrected chi connectivity index (χ1v) is 12.7. The molecule has 0 bridgehead atoms. The van der Waals surface area contributed by atoms with Crippen LogP contribution in [-0.2, 0) is 22.7 Å². The van der Waals surface area contributed by atoms with Crippen LogP contribution in [0, 0.1) is 5.92 Å². The van der Waals surface area contributed by atoms with Crippen LogP contribution < -0.4 is 11.1 Å². The molecule has 0 saturated carbocycles. The van der Waals surface area contributed by atoms with Crippen LogP contribution in [0.25, 0.3) is 17.4 Å². The number of nitrogens with two attached hydrogens (primary N) is 1. The molecule has 4 aromatic rings. The van der Waals surface area contributed by atoms with E-state index in [1.54, 1.807) is 18.4 Å². The van der Waals surface area contributed by atoms with Gasteiger partial charge in [0.05, 0.1) is 17.8 Å². The minimum Gasteiger partial charge on any atom is -0.461 e. The molecule has 5 rings (SSSR count). The lowest BCUT2D eigenvalue weighted by Crippen LogP contribution is -2.24. The average molecular weight is 468 g/mol. The van der Waals surface area contributed by atoms with Gasteiger partial charge in [-0.25, -0.2) is 8.42 Å². The highest BCUT2D eigenvalue weighted by Crippen LogP contribution is 2.23. The Balaban J connectivity index is 1.17. The van der Waals surface area contributed by atoms with Crippen LogP contribution in [-0.4, -0.2) is 51.0 Å². The summed E-state index contributed by atoms with van der Waals surface area (Å²) in [6, 6.07) is 12.0. The number of rotatable bonds is 7. The summed E-state index contributed by atoms with van der Waals surface area (Å²) in [5, 5.41) is 7.48. The molecule has 0 aliphatic carbocycles. The van der Waals surface area contributed by atoms with Crippen molar-refractivity contribution in [3.05, 3.63) is 53.8 Å². The Bertz CT molecular complexity index is 1330.